The summed E-state index contributed by atoms with van der Waals surface area (Å²) in [4.78, 5) is 4.33. The lowest BCUT2D eigenvalue weighted by Gasteiger charge is -2.27. The van der Waals surface area contributed by atoms with Gasteiger partial charge in [0, 0.05) is 28.4 Å². The van der Waals surface area contributed by atoms with Crippen molar-refractivity contribution in [3.63, 3.8) is 0 Å². The van der Waals surface area contributed by atoms with Crippen molar-refractivity contribution in [1.29, 1.82) is 0 Å². The highest BCUT2D eigenvalue weighted by Gasteiger charge is 2.20. The molecule has 0 radical (unpaired) electrons. The van der Waals surface area contributed by atoms with Crippen LogP contribution in [-0.4, -0.2) is 11.1 Å². The molecule has 1 aromatic heterocycles. The molecule has 3 rings (SSSR count). The highest BCUT2D eigenvalue weighted by atomic mass is 16.5. The van der Waals surface area contributed by atoms with Gasteiger partial charge < -0.3 is 10.5 Å². The van der Waals surface area contributed by atoms with Crippen LogP contribution in [0.3, 0.4) is 0 Å². The van der Waals surface area contributed by atoms with E-state index in [9.17, 15) is 0 Å². The SMILES string of the molecule is Cc1cc2c(OC3CCC(C)CC3)ccc(N)c2cn1. The standard InChI is InChI=1S/C17H22N2O/c1-11-3-5-13(6-4-11)20-17-8-7-16(18)15-10-19-12(2)9-14(15)17/h7-11,13H,3-6,18H2,1-2H3. The molecular formula is C17H22N2O. The molecule has 1 aliphatic rings. The summed E-state index contributed by atoms with van der Waals surface area (Å²) in [6.07, 6.45) is 7.01. The van der Waals surface area contributed by atoms with Crippen LogP contribution in [-0.2, 0) is 0 Å². The molecule has 0 bridgehead atoms. The van der Waals surface area contributed by atoms with Gasteiger partial charge in [0.2, 0.25) is 0 Å². The van der Waals surface area contributed by atoms with E-state index in [4.69, 9.17) is 10.5 Å². The Bertz CT molecular complexity index is 616. The number of ether oxygens (including phenoxy) is 1. The largest absolute Gasteiger partial charge is 0.490 e. The highest BCUT2D eigenvalue weighted by molar-refractivity contribution is 5.96. The van der Waals surface area contributed by atoms with Gasteiger partial charge in [0.05, 0.1) is 6.10 Å². The number of nitrogen functional groups attached to an aromatic ring is 1. The fourth-order valence-corrected chi connectivity index (χ4v) is 2.97. The van der Waals surface area contributed by atoms with E-state index < -0.39 is 0 Å². The fraction of sp³-hybridized carbons (Fsp3) is 0.471. The first-order valence-electron chi connectivity index (χ1n) is 7.45. The molecule has 0 aliphatic heterocycles. The Morgan fingerprint density at radius 2 is 1.90 bits per heavy atom. The van der Waals surface area contributed by atoms with Gasteiger partial charge in [-0.3, -0.25) is 4.98 Å². The second-order valence-corrected chi connectivity index (χ2v) is 6.02. The number of pyridine rings is 1. The van der Waals surface area contributed by atoms with Crippen LogP contribution in [0.1, 0.15) is 38.3 Å². The molecular weight excluding hydrogens is 248 g/mol. The summed E-state index contributed by atoms with van der Waals surface area (Å²) in [6, 6.07) is 5.97. The minimum atomic E-state index is 0.339. The third-order valence-electron chi connectivity index (χ3n) is 4.29. The molecule has 1 fully saturated rings. The van der Waals surface area contributed by atoms with Crippen LogP contribution in [0.5, 0.6) is 5.75 Å². The van der Waals surface area contributed by atoms with E-state index >= 15 is 0 Å². The average molecular weight is 270 g/mol. The van der Waals surface area contributed by atoms with Crippen molar-refractivity contribution in [3.05, 3.63) is 30.1 Å². The van der Waals surface area contributed by atoms with Gasteiger partial charge in [0.15, 0.2) is 0 Å². The monoisotopic (exact) mass is 270 g/mol. The molecule has 3 nitrogen and oxygen atoms in total. The van der Waals surface area contributed by atoms with Gasteiger partial charge >= 0.3 is 0 Å². The lowest BCUT2D eigenvalue weighted by molar-refractivity contribution is 0.137. The van der Waals surface area contributed by atoms with Crippen molar-refractivity contribution in [2.75, 3.05) is 5.73 Å². The van der Waals surface area contributed by atoms with Crippen LogP contribution in [0.2, 0.25) is 0 Å². The minimum Gasteiger partial charge on any atom is -0.490 e. The van der Waals surface area contributed by atoms with E-state index in [-0.39, 0.29) is 0 Å². The Morgan fingerprint density at radius 1 is 1.15 bits per heavy atom. The molecule has 106 valence electrons. The smallest absolute Gasteiger partial charge is 0.127 e. The summed E-state index contributed by atoms with van der Waals surface area (Å²) < 4.78 is 6.24. The third-order valence-corrected chi connectivity index (χ3v) is 4.29. The molecule has 3 heteroatoms. The number of hydrogen-bond acceptors (Lipinski definition) is 3. The van der Waals surface area contributed by atoms with Crippen molar-refractivity contribution in [2.45, 2.75) is 45.6 Å². The van der Waals surface area contributed by atoms with Crippen LogP contribution in [0, 0.1) is 12.8 Å². The van der Waals surface area contributed by atoms with E-state index in [0.717, 1.165) is 46.7 Å². The Hall–Kier alpha value is -1.77. The summed E-state index contributed by atoms with van der Waals surface area (Å²) in [7, 11) is 0. The lowest BCUT2D eigenvalue weighted by Crippen LogP contribution is -2.23. The van der Waals surface area contributed by atoms with Gasteiger partial charge in [-0.2, -0.15) is 0 Å². The second kappa shape index (κ2) is 5.31. The predicted molar refractivity (Wildman–Crippen MR) is 82.9 cm³/mol. The lowest BCUT2D eigenvalue weighted by atomic mass is 9.89. The fourth-order valence-electron chi connectivity index (χ4n) is 2.97. The van der Waals surface area contributed by atoms with Crippen LogP contribution < -0.4 is 10.5 Å². The van der Waals surface area contributed by atoms with Crippen LogP contribution in [0.25, 0.3) is 10.8 Å². The van der Waals surface area contributed by atoms with Gasteiger partial charge in [0.1, 0.15) is 5.75 Å². The van der Waals surface area contributed by atoms with Crippen LogP contribution in [0.15, 0.2) is 24.4 Å². The van der Waals surface area contributed by atoms with Crippen molar-refractivity contribution >= 4 is 16.5 Å². The summed E-state index contributed by atoms with van der Waals surface area (Å²) in [6.45, 7) is 4.32. The van der Waals surface area contributed by atoms with Gasteiger partial charge in [-0.25, -0.2) is 0 Å². The second-order valence-electron chi connectivity index (χ2n) is 6.02. The Morgan fingerprint density at radius 3 is 2.65 bits per heavy atom. The van der Waals surface area contributed by atoms with Gasteiger partial charge in [0.25, 0.3) is 0 Å². The molecule has 0 atom stereocenters. The number of nitrogens with zero attached hydrogens (tertiary/aromatic N) is 1. The Labute approximate surface area is 120 Å². The molecule has 0 amide bonds. The minimum absolute atomic E-state index is 0.339. The maximum absolute atomic E-state index is 6.24. The Kier molecular flexibility index (Phi) is 3.51. The quantitative estimate of drug-likeness (QED) is 0.836. The number of hydrogen-bond donors (Lipinski definition) is 1. The predicted octanol–water partition coefficient (Wildman–Crippen LogP) is 4.08. The van der Waals surface area contributed by atoms with E-state index in [1.165, 1.54) is 12.8 Å². The zero-order chi connectivity index (χ0) is 14.1. The maximum Gasteiger partial charge on any atom is 0.127 e. The number of benzene rings is 1. The summed E-state index contributed by atoms with van der Waals surface area (Å²) in [5.74, 6) is 1.78. The summed E-state index contributed by atoms with van der Waals surface area (Å²) in [5, 5.41) is 2.06. The molecule has 0 saturated heterocycles. The number of aromatic nitrogens is 1. The first-order chi connectivity index (χ1) is 9.63. The topological polar surface area (TPSA) is 48.1 Å². The molecule has 1 heterocycles. The number of fused-ring (bicyclic) bond motifs is 1. The highest BCUT2D eigenvalue weighted by Crippen LogP contribution is 2.33. The first-order valence-corrected chi connectivity index (χ1v) is 7.45. The van der Waals surface area contributed by atoms with E-state index in [1.54, 1.807) is 0 Å². The number of anilines is 1. The van der Waals surface area contributed by atoms with E-state index in [1.807, 2.05) is 25.3 Å². The number of aryl methyl sites for hydroxylation is 1. The number of nitrogens with two attached hydrogens (primary N) is 1. The number of rotatable bonds is 2. The van der Waals surface area contributed by atoms with Crippen molar-refractivity contribution < 1.29 is 4.74 Å². The van der Waals surface area contributed by atoms with Crippen molar-refractivity contribution in [3.8, 4) is 5.75 Å². The molecule has 2 aromatic rings. The van der Waals surface area contributed by atoms with Gasteiger partial charge in [-0.15, -0.1) is 0 Å². The van der Waals surface area contributed by atoms with Crippen molar-refractivity contribution in [2.24, 2.45) is 5.92 Å². The third kappa shape index (κ3) is 2.58. The molecule has 1 aliphatic carbocycles. The Balaban J connectivity index is 1.91. The van der Waals surface area contributed by atoms with Crippen molar-refractivity contribution in [1.82, 2.24) is 4.98 Å². The summed E-state index contributed by atoms with van der Waals surface area (Å²) >= 11 is 0. The molecule has 1 saturated carbocycles. The van der Waals surface area contributed by atoms with Crippen LogP contribution >= 0.6 is 0 Å². The molecule has 20 heavy (non-hydrogen) atoms. The van der Waals surface area contributed by atoms with E-state index in [0.29, 0.717) is 6.10 Å². The van der Waals surface area contributed by atoms with Gasteiger partial charge in [-0.05, 0) is 56.7 Å². The maximum atomic E-state index is 6.24. The molecule has 0 unspecified atom stereocenters. The van der Waals surface area contributed by atoms with E-state index in [2.05, 4.69) is 18.0 Å². The average Bonchev–Trinajstić information content (AvgIpc) is 2.44. The molecule has 0 spiro atoms. The normalized spacial score (nSPS) is 22.9. The zero-order valence-corrected chi connectivity index (χ0v) is 12.2. The zero-order valence-electron chi connectivity index (χ0n) is 12.2. The first kappa shape index (κ1) is 13.2. The summed E-state index contributed by atoms with van der Waals surface area (Å²) in [5.41, 5.74) is 7.78. The molecule has 2 N–H and O–H groups in total. The van der Waals surface area contributed by atoms with Gasteiger partial charge in [-0.1, -0.05) is 6.92 Å². The van der Waals surface area contributed by atoms with Crippen LogP contribution in [0.4, 0.5) is 5.69 Å². The molecule has 1 aromatic carbocycles.